The van der Waals surface area contributed by atoms with Crippen LogP contribution in [0.5, 0.6) is 0 Å². The van der Waals surface area contributed by atoms with E-state index in [0.717, 1.165) is 15.9 Å². The molecule has 0 aliphatic rings. The van der Waals surface area contributed by atoms with Gasteiger partial charge in [0.15, 0.2) is 0 Å². The molecule has 3 rings (SSSR count). The summed E-state index contributed by atoms with van der Waals surface area (Å²) in [6.45, 7) is 1.60. The second-order valence-electron chi connectivity index (χ2n) is 5.89. The van der Waals surface area contributed by atoms with Crippen LogP contribution in [0.15, 0.2) is 81.4 Å². The Morgan fingerprint density at radius 3 is 2.11 bits per heavy atom. The highest BCUT2D eigenvalue weighted by atomic mass is 32.2. The van der Waals surface area contributed by atoms with Gasteiger partial charge in [-0.15, -0.1) is 0 Å². The van der Waals surface area contributed by atoms with Gasteiger partial charge in [0, 0.05) is 27.6 Å². The molecule has 0 atom stereocenters. The maximum Gasteiger partial charge on any atom is 0.269 e. The third-order valence-corrected chi connectivity index (χ3v) is 6.37. The number of nitrogens with zero attached hydrogens (tertiary/aromatic N) is 1. The summed E-state index contributed by atoms with van der Waals surface area (Å²) >= 11 is 1.39. The van der Waals surface area contributed by atoms with Crippen LogP contribution in [0.2, 0.25) is 0 Å². The monoisotopic (exact) mass is 418 g/mol. The molecule has 1 N–H and O–H groups in total. The zero-order valence-corrected chi connectivity index (χ0v) is 16.3. The number of non-ortho nitro benzene ring substituents is 1. The van der Waals surface area contributed by atoms with Crippen molar-refractivity contribution in [3.63, 3.8) is 0 Å². The van der Waals surface area contributed by atoms with Gasteiger partial charge in [0.25, 0.3) is 15.7 Å². The third-order valence-electron chi connectivity index (χ3n) is 3.83. The van der Waals surface area contributed by atoms with Crippen molar-refractivity contribution in [2.24, 2.45) is 0 Å². The highest BCUT2D eigenvalue weighted by Crippen LogP contribution is 2.30. The zero-order chi connectivity index (χ0) is 20.3. The number of sulfonamides is 1. The van der Waals surface area contributed by atoms with Crippen molar-refractivity contribution >= 4 is 33.2 Å². The number of aryl methyl sites for hydroxylation is 1. The lowest BCUT2D eigenvalue weighted by Crippen LogP contribution is -2.14. The predicted octanol–water partition coefficient (Wildman–Crippen LogP) is 4.99. The SMILES string of the molecule is Cc1ccc(F)cc1S(=O)(=O)Nc1ccc(Sc2ccc([N+](=O)[O-])cc2)cc1. The van der Waals surface area contributed by atoms with Crippen LogP contribution in [0.1, 0.15) is 5.56 Å². The number of halogens is 1. The molecule has 0 aromatic heterocycles. The average Bonchev–Trinajstić information content (AvgIpc) is 2.65. The molecule has 3 aromatic rings. The molecule has 0 bridgehead atoms. The van der Waals surface area contributed by atoms with Gasteiger partial charge in [-0.2, -0.15) is 0 Å². The standard InChI is InChI=1S/C19H15FN2O4S2/c1-13-2-3-14(20)12-19(13)28(25,26)21-15-4-8-17(9-5-15)27-18-10-6-16(7-11-18)22(23)24/h2-12,21H,1H3. The fourth-order valence-corrected chi connectivity index (χ4v) is 4.57. The first kappa shape index (κ1) is 19.8. The van der Waals surface area contributed by atoms with Crippen molar-refractivity contribution in [2.75, 3.05) is 4.72 Å². The lowest BCUT2D eigenvalue weighted by Gasteiger charge is -2.11. The molecule has 0 fully saturated rings. The van der Waals surface area contributed by atoms with E-state index in [2.05, 4.69) is 4.72 Å². The van der Waals surface area contributed by atoms with E-state index in [1.54, 1.807) is 43.3 Å². The largest absolute Gasteiger partial charge is 0.280 e. The van der Waals surface area contributed by atoms with E-state index >= 15 is 0 Å². The second-order valence-corrected chi connectivity index (χ2v) is 8.69. The highest BCUT2D eigenvalue weighted by Gasteiger charge is 2.18. The molecular formula is C19H15FN2O4S2. The number of hydrogen-bond donors (Lipinski definition) is 1. The smallest absolute Gasteiger partial charge is 0.269 e. The van der Waals surface area contributed by atoms with E-state index in [4.69, 9.17) is 0 Å². The lowest BCUT2D eigenvalue weighted by atomic mass is 10.2. The van der Waals surface area contributed by atoms with E-state index in [1.165, 1.54) is 36.0 Å². The van der Waals surface area contributed by atoms with Crippen molar-refractivity contribution in [1.82, 2.24) is 0 Å². The van der Waals surface area contributed by atoms with Crippen LogP contribution in [0, 0.1) is 22.9 Å². The molecule has 0 aliphatic carbocycles. The Bertz CT molecular complexity index is 1120. The van der Waals surface area contributed by atoms with Gasteiger partial charge in [-0.3, -0.25) is 14.8 Å². The molecule has 0 saturated carbocycles. The quantitative estimate of drug-likeness (QED) is 0.450. The molecule has 0 amide bonds. The summed E-state index contributed by atoms with van der Waals surface area (Å²) in [6.07, 6.45) is 0. The summed E-state index contributed by atoms with van der Waals surface area (Å²) in [7, 11) is -3.91. The van der Waals surface area contributed by atoms with Crippen LogP contribution < -0.4 is 4.72 Å². The van der Waals surface area contributed by atoms with Crippen molar-refractivity contribution in [3.8, 4) is 0 Å². The van der Waals surface area contributed by atoms with Gasteiger partial charge in [0.05, 0.1) is 9.82 Å². The minimum Gasteiger partial charge on any atom is -0.280 e. The molecule has 28 heavy (non-hydrogen) atoms. The summed E-state index contributed by atoms with van der Waals surface area (Å²) in [6, 6.07) is 16.4. The van der Waals surface area contributed by atoms with Gasteiger partial charge < -0.3 is 0 Å². The first-order chi connectivity index (χ1) is 13.2. The Balaban J connectivity index is 1.73. The van der Waals surface area contributed by atoms with Crippen LogP contribution in [0.25, 0.3) is 0 Å². The van der Waals surface area contributed by atoms with Gasteiger partial charge in [-0.05, 0) is 61.0 Å². The van der Waals surface area contributed by atoms with Gasteiger partial charge in [-0.1, -0.05) is 17.8 Å². The van der Waals surface area contributed by atoms with Gasteiger partial charge >= 0.3 is 0 Å². The minimum atomic E-state index is -3.91. The Morgan fingerprint density at radius 2 is 1.54 bits per heavy atom. The molecule has 0 radical (unpaired) electrons. The summed E-state index contributed by atoms with van der Waals surface area (Å²) in [5, 5.41) is 10.7. The van der Waals surface area contributed by atoms with Crippen molar-refractivity contribution < 1.29 is 17.7 Å². The van der Waals surface area contributed by atoms with E-state index < -0.39 is 20.8 Å². The first-order valence-corrected chi connectivity index (χ1v) is 10.4. The molecule has 0 spiro atoms. The molecule has 0 saturated heterocycles. The lowest BCUT2D eigenvalue weighted by molar-refractivity contribution is -0.384. The van der Waals surface area contributed by atoms with Gasteiger partial charge in [0.2, 0.25) is 0 Å². The van der Waals surface area contributed by atoms with Gasteiger partial charge in [-0.25, -0.2) is 12.8 Å². The summed E-state index contributed by atoms with van der Waals surface area (Å²) in [5.74, 6) is -0.624. The number of nitrogens with one attached hydrogen (secondary N) is 1. The molecule has 9 heteroatoms. The molecular weight excluding hydrogens is 403 g/mol. The van der Waals surface area contributed by atoms with E-state index in [9.17, 15) is 22.9 Å². The minimum absolute atomic E-state index is 0.0155. The zero-order valence-electron chi connectivity index (χ0n) is 14.6. The fraction of sp³-hybridized carbons (Fsp3) is 0.0526. The van der Waals surface area contributed by atoms with Crippen LogP contribution in [0.4, 0.5) is 15.8 Å². The van der Waals surface area contributed by atoms with Crippen LogP contribution >= 0.6 is 11.8 Å². The Labute approximate surface area is 165 Å². The summed E-state index contributed by atoms with van der Waals surface area (Å²) in [4.78, 5) is 11.8. The molecule has 0 unspecified atom stereocenters. The fourth-order valence-electron chi connectivity index (χ4n) is 2.44. The third kappa shape index (κ3) is 4.68. The van der Waals surface area contributed by atoms with E-state index in [1.807, 2.05) is 0 Å². The number of nitro benzene ring substituents is 1. The highest BCUT2D eigenvalue weighted by molar-refractivity contribution is 7.99. The number of benzene rings is 3. The number of rotatable bonds is 6. The molecule has 144 valence electrons. The number of anilines is 1. The first-order valence-electron chi connectivity index (χ1n) is 8.06. The van der Waals surface area contributed by atoms with Crippen LogP contribution in [-0.4, -0.2) is 13.3 Å². The average molecular weight is 418 g/mol. The van der Waals surface area contributed by atoms with Gasteiger partial charge in [0.1, 0.15) is 5.82 Å². The van der Waals surface area contributed by atoms with Crippen LogP contribution in [-0.2, 0) is 10.0 Å². The molecule has 0 heterocycles. The Morgan fingerprint density at radius 1 is 0.964 bits per heavy atom. The Hall–Kier alpha value is -2.91. The van der Waals surface area contributed by atoms with Crippen molar-refractivity contribution in [2.45, 2.75) is 21.6 Å². The van der Waals surface area contributed by atoms with E-state index in [0.29, 0.717) is 11.3 Å². The normalized spacial score (nSPS) is 11.2. The molecule has 6 nitrogen and oxygen atoms in total. The Kier molecular flexibility index (Phi) is 5.66. The number of nitro groups is 1. The maximum atomic E-state index is 13.4. The second kappa shape index (κ2) is 7.99. The van der Waals surface area contributed by atoms with Crippen molar-refractivity contribution in [3.05, 3.63) is 88.2 Å². The number of hydrogen-bond acceptors (Lipinski definition) is 5. The maximum absolute atomic E-state index is 13.4. The van der Waals surface area contributed by atoms with Crippen LogP contribution in [0.3, 0.4) is 0 Å². The molecule has 3 aromatic carbocycles. The predicted molar refractivity (Wildman–Crippen MR) is 106 cm³/mol. The van der Waals surface area contributed by atoms with Crippen molar-refractivity contribution in [1.29, 1.82) is 0 Å². The molecule has 0 aliphatic heterocycles. The topological polar surface area (TPSA) is 89.3 Å². The van der Waals surface area contributed by atoms with E-state index in [-0.39, 0.29) is 10.6 Å². The summed E-state index contributed by atoms with van der Waals surface area (Å²) in [5.41, 5.74) is 0.803. The summed E-state index contributed by atoms with van der Waals surface area (Å²) < 4.78 is 40.8.